The molecule has 0 spiro atoms. The highest BCUT2D eigenvalue weighted by molar-refractivity contribution is 7.91. The summed E-state index contributed by atoms with van der Waals surface area (Å²) in [6.45, 7) is 6.98. The van der Waals surface area contributed by atoms with E-state index in [1.807, 2.05) is 25.1 Å². The van der Waals surface area contributed by atoms with Gasteiger partial charge in [-0.05, 0) is 42.5 Å². The fourth-order valence-electron chi connectivity index (χ4n) is 3.67. The maximum absolute atomic E-state index is 13.5. The summed E-state index contributed by atoms with van der Waals surface area (Å²) in [7, 11) is -3.11. The summed E-state index contributed by atoms with van der Waals surface area (Å²) in [5, 5.41) is 0. The van der Waals surface area contributed by atoms with Crippen LogP contribution in [0.5, 0.6) is 5.75 Å². The minimum atomic E-state index is -3.11. The molecule has 1 aliphatic rings. The van der Waals surface area contributed by atoms with Crippen LogP contribution in [0.2, 0.25) is 0 Å². The molecule has 0 N–H and O–H groups in total. The smallest absolute Gasteiger partial charge is 0.258 e. The third-order valence-electron chi connectivity index (χ3n) is 5.33. The predicted octanol–water partition coefficient (Wildman–Crippen LogP) is 4.04. The Hall–Kier alpha value is -2.34. The molecule has 0 unspecified atom stereocenters. The van der Waals surface area contributed by atoms with Crippen LogP contribution in [0.1, 0.15) is 54.6 Å². The van der Waals surface area contributed by atoms with Crippen molar-refractivity contribution in [1.29, 1.82) is 0 Å². The average molecular weight is 416 g/mol. The Morgan fingerprint density at radius 1 is 1.14 bits per heavy atom. The second-order valence-electron chi connectivity index (χ2n) is 7.82. The van der Waals surface area contributed by atoms with Gasteiger partial charge in [-0.25, -0.2) is 8.42 Å². The number of benzene rings is 2. The molecular weight excluding hydrogens is 386 g/mol. The number of ether oxygens (including phenoxy) is 1. The van der Waals surface area contributed by atoms with Crippen molar-refractivity contribution in [3.05, 3.63) is 65.2 Å². The summed E-state index contributed by atoms with van der Waals surface area (Å²) >= 11 is 0. The first-order valence-electron chi connectivity index (χ1n) is 10.1. The van der Waals surface area contributed by atoms with E-state index in [0.29, 0.717) is 36.8 Å². The molecule has 1 atom stereocenters. The van der Waals surface area contributed by atoms with Gasteiger partial charge in [0.2, 0.25) is 0 Å². The highest BCUT2D eigenvalue weighted by Crippen LogP contribution is 2.26. The molecule has 0 aliphatic carbocycles. The molecule has 29 heavy (non-hydrogen) atoms. The van der Waals surface area contributed by atoms with Crippen LogP contribution in [0.3, 0.4) is 0 Å². The summed E-state index contributed by atoms with van der Waals surface area (Å²) in [5.74, 6) is 0.908. The van der Waals surface area contributed by atoms with Crippen LogP contribution in [-0.4, -0.2) is 43.4 Å². The maximum atomic E-state index is 13.5. The molecule has 5 nitrogen and oxygen atoms in total. The van der Waals surface area contributed by atoms with Crippen LogP contribution in [0.15, 0.2) is 48.5 Å². The molecule has 1 aliphatic heterocycles. The van der Waals surface area contributed by atoms with Gasteiger partial charge in [0.1, 0.15) is 5.75 Å². The van der Waals surface area contributed by atoms with Crippen LogP contribution in [0, 0.1) is 0 Å². The minimum absolute atomic E-state index is 0.0135. The monoisotopic (exact) mass is 415 g/mol. The van der Waals surface area contributed by atoms with Gasteiger partial charge in [-0.1, -0.05) is 50.2 Å². The Labute approximate surface area is 173 Å². The Bertz CT molecular complexity index is 951. The number of para-hydroxylation sites is 1. The molecule has 3 rings (SSSR count). The van der Waals surface area contributed by atoms with Gasteiger partial charge in [0.25, 0.3) is 5.91 Å². The van der Waals surface area contributed by atoms with Gasteiger partial charge < -0.3 is 9.64 Å². The fraction of sp³-hybridized carbons (Fsp3) is 0.435. The van der Waals surface area contributed by atoms with Crippen LogP contribution in [-0.2, 0) is 16.4 Å². The number of sulfone groups is 1. The van der Waals surface area contributed by atoms with Crippen molar-refractivity contribution in [2.75, 3.05) is 18.1 Å². The fourth-order valence-corrected chi connectivity index (χ4v) is 5.40. The van der Waals surface area contributed by atoms with Gasteiger partial charge in [0.05, 0.1) is 23.7 Å². The van der Waals surface area contributed by atoms with Crippen LogP contribution < -0.4 is 4.74 Å². The zero-order valence-electron chi connectivity index (χ0n) is 17.3. The lowest BCUT2D eigenvalue weighted by Crippen LogP contribution is -2.40. The summed E-state index contributed by atoms with van der Waals surface area (Å²) in [6, 6.07) is 15.0. The summed E-state index contributed by atoms with van der Waals surface area (Å²) in [6.07, 6.45) is 0.467. The van der Waals surface area contributed by atoms with Crippen molar-refractivity contribution >= 4 is 15.7 Å². The molecular formula is C23H29NO4S. The Morgan fingerprint density at radius 3 is 2.41 bits per heavy atom. The molecule has 156 valence electrons. The third kappa shape index (κ3) is 5.18. The van der Waals surface area contributed by atoms with E-state index in [0.717, 1.165) is 5.56 Å². The number of rotatable bonds is 7. The number of hydrogen-bond acceptors (Lipinski definition) is 4. The normalized spacial score (nSPS) is 18.0. The molecule has 6 heteroatoms. The van der Waals surface area contributed by atoms with Gasteiger partial charge in [-0.3, -0.25) is 4.79 Å². The first-order chi connectivity index (χ1) is 13.8. The predicted molar refractivity (Wildman–Crippen MR) is 115 cm³/mol. The van der Waals surface area contributed by atoms with E-state index in [9.17, 15) is 13.2 Å². The van der Waals surface area contributed by atoms with E-state index in [2.05, 4.69) is 26.0 Å². The van der Waals surface area contributed by atoms with Gasteiger partial charge >= 0.3 is 0 Å². The average Bonchev–Trinajstić information content (AvgIpc) is 3.06. The highest BCUT2D eigenvalue weighted by atomic mass is 32.2. The molecule has 0 saturated carbocycles. The van der Waals surface area contributed by atoms with Gasteiger partial charge in [-0.15, -0.1) is 0 Å². The quantitative estimate of drug-likeness (QED) is 0.685. The highest BCUT2D eigenvalue weighted by Gasteiger charge is 2.35. The topological polar surface area (TPSA) is 63.7 Å². The molecule has 1 saturated heterocycles. The first-order valence-corrected chi connectivity index (χ1v) is 11.9. The van der Waals surface area contributed by atoms with E-state index in [1.54, 1.807) is 23.1 Å². The van der Waals surface area contributed by atoms with E-state index in [4.69, 9.17) is 4.74 Å². The lowest BCUT2D eigenvalue weighted by Gasteiger charge is -2.29. The van der Waals surface area contributed by atoms with Crippen molar-refractivity contribution in [3.63, 3.8) is 0 Å². The Kier molecular flexibility index (Phi) is 6.63. The standard InChI is InChI=1S/C23H29NO4S/c1-4-28-22-8-6-5-7-21(22)23(25)24(20-13-14-29(26,27)16-20)15-18-9-11-19(12-10-18)17(2)3/h5-12,17,20H,4,13-16H2,1-3H3/t20-/m1/s1. The lowest BCUT2D eigenvalue weighted by molar-refractivity contribution is 0.0676. The summed E-state index contributed by atoms with van der Waals surface area (Å²) in [4.78, 5) is 15.2. The molecule has 1 heterocycles. The Balaban J connectivity index is 1.92. The van der Waals surface area contributed by atoms with E-state index in [-0.39, 0.29) is 23.5 Å². The second kappa shape index (κ2) is 8.99. The number of carbonyl (C=O) groups excluding carboxylic acids is 1. The van der Waals surface area contributed by atoms with Crippen LogP contribution >= 0.6 is 0 Å². The lowest BCUT2D eigenvalue weighted by atomic mass is 10.0. The minimum Gasteiger partial charge on any atom is -0.493 e. The number of amides is 1. The van der Waals surface area contributed by atoms with Gasteiger partial charge in [0.15, 0.2) is 9.84 Å². The molecule has 2 aromatic rings. The zero-order chi connectivity index (χ0) is 21.0. The van der Waals surface area contributed by atoms with Gasteiger partial charge in [-0.2, -0.15) is 0 Å². The molecule has 1 fully saturated rings. The zero-order valence-corrected chi connectivity index (χ0v) is 18.1. The van der Waals surface area contributed by atoms with Gasteiger partial charge in [0, 0.05) is 12.6 Å². The summed E-state index contributed by atoms with van der Waals surface area (Å²) < 4.78 is 29.8. The van der Waals surface area contributed by atoms with E-state index >= 15 is 0 Å². The number of hydrogen-bond donors (Lipinski definition) is 0. The van der Waals surface area contributed by atoms with Crippen molar-refractivity contribution in [2.45, 2.75) is 45.7 Å². The van der Waals surface area contributed by atoms with Crippen molar-refractivity contribution in [3.8, 4) is 5.75 Å². The van der Waals surface area contributed by atoms with Crippen molar-refractivity contribution in [1.82, 2.24) is 4.90 Å². The molecule has 0 bridgehead atoms. The van der Waals surface area contributed by atoms with E-state index < -0.39 is 9.84 Å². The third-order valence-corrected chi connectivity index (χ3v) is 7.08. The molecule has 0 aromatic heterocycles. The van der Waals surface area contributed by atoms with Crippen molar-refractivity contribution < 1.29 is 17.9 Å². The first kappa shape index (κ1) is 21.4. The number of nitrogens with zero attached hydrogens (tertiary/aromatic N) is 1. The van der Waals surface area contributed by atoms with Crippen LogP contribution in [0.4, 0.5) is 0 Å². The van der Waals surface area contributed by atoms with Crippen LogP contribution in [0.25, 0.3) is 0 Å². The maximum Gasteiger partial charge on any atom is 0.258 e. The SMILES string of the molecule is CCOc1ccccc1C(=O)N(Cc1ccc(C(C)C)cc1)[C@@H]1CCS(=O)(=O)C1. The summed E-state index contributed by atoms with van der Waals surface area (Å²) in [5.41, 5.74) is 2.69. The second-order valence-corrected chi connectivity index (χ2v) is 10.0. The van der Waals surface area contributed by atoms with Crippen molar-refractivity contribution in [2.24, 2.45) is 0 Å². The molecule has 2 aromatic carbocycles. The number of carbonyl (C=O) groups is 1. The molecule has 1 amide bonds. The molecule has 0 radical (unpaired) electrons. The largest absolute Gasteiger partial charge is 0.493 e. The Morgan fingerprint density at radius 2 is 1.83 bits per heavy atom. The van der Waals surface area contributed by atoms with E-state index in [1.165, 1.54) is 5.56 Å².